The number of ether oxygens (including phenoxy) is 2. The highest BCUT2D eigenvalue weighted by Gasteiger charge is 2.44. The maximum atomic E-state index is 14.6. The number of nitrogens with one attached hydrogen (secondary N) is 5. The molecular formula is C45H64F2N8O10. The van der Waals surface area contributed by atoms with Gasteiger partial charge in [-0.3, -0.25) is 33.6 Å². The van der Waals surface area contributed by atoms with E-state index in [2.05, 4.69) is 26.6 Å². The van der Waals surface area contributed by atoms with Crippen LogP contribution < -0.4 is 26.6 Å². The molecule has 0 unspecified atom stereocenters. The first-order valence-electron chi connectivity index (χ1n) is 22.7. The van der Waals surface area contributed by atoms with Crippen LogP contribution in [0.25, 0.3) is 0 Å². The second kappa shape index (κ2) is 24.1. The van der Waals surface area contributed by atoms with Gasteiger partial charge in [0.15, 0.2) is 0 Å². The Bertz CT molecular complexity index is 1910. The number of rotatable bonds is 15. The zero-order valence-corrected chi connectivity index (χ0v) is 37.7. The van der Waals surface area contributed by atoms with Crippen LogP contribution >= 0.6 is 0 Å². The molecule has 1 aromatic rings. The van der Waals surface area contributed by atoms with Crippen LogP contribution in [0.1, 0.15) is 83.1 Å². The normalized spacial score (nSPS) is 24.9. The summed E-state index contributed by atoms with van der Waals surface area (Å²) < 4.78 is 40.0. The first kappa shape index (κ1) is 50.5. The van der Waals surface area contributed by atoms with Gasteiger partial charge in [-0.05, 0) is 109 Å². The van der Waals surface area contributed by atoms with E-state index < -0.39 is 121 Å². The van der Waals surface area contributed by atoms with E-state index in [-0.39, 0.29) is 37.4 Å². The van der Waals surface area contributed by atoms with Gasteiger partial charge in [-0.25, -0.2) is 13.6 Å². The smallest absolute Gasteiger partial charge is 0.328 e. The molecule has 358 valence electrons. The third-order valence-corrected chi connectivity index (χ3v) is 12.6. The lowest BCUT2D eigenvalue weighted by Crippen LogP contribution is -2.61. The van der Waals surface area contributed by atoms with Crippen LogP contribution in [0.15, 0.2) is 30.4 Å². The molecule has 3 saturated heterocycles. The SMILES string of the molecule is CNCCC[C@H](NC)C(=O)OC[C@H]1C(=O)N[C@@H](C)C(=O)N2CCC[C@H]2C(=O)OC[C@H](NC(=O)[C@H](Cc2cc(F)cc(F)c2)NC(=O)/C=C/C2CCCCC2)C(=O)N2CCC[C@H]2C(=O)N1C. The van der Waals surface area contributed by atoms with E-state index in [0.29, 0.717) is 38.3 Å². The maximum Gasteiger partial charge on any atom is 0.328 e. The first-order chi connectivity index (χ1) is 31.1. The van der Waals surface area contributed by atoms with Crippen LogP contribution in [0, 0.1) is 17.6 Å². The van der Waals surface area contributed by atoms with Gasteiger partial charge in [0, 0.05) is 32.6 Å². The van der Waals surface area contributed by atoms with Crippen molar-refractivity contribution in [1.29, 1.82) is 0 Å². The molecule has 4 fully saturated rings. The second-order valence-electron chi connectivity index (χ2n) is 17.3. The standard InChI is InChI=1S/C45H64F2N8O10/c1-27-41(59)55-20-10-15-36(55)45(63)64-25-34(52-39(57)33(23-29-21-30(46)24-31(47)22-29)51-38(56)17-16-28-11-6-5-7-12-28)42(60)54-19-9-14-35(54)43(61)53(4)37(40(58)50-27)26-65-44(62)32(49-3)13-8-18-48-2/h16-17,21-22,24,27-28,32-37,48-49H,5-15,18-20,23,25-26H2,1-4H3,(H,50,58)(H,51,56)(H,52,57)/b17-16+/t27-,32-,33-,34-,35-,36-,37-/m0/s1. The number of carbonyl (C=O) groups is 8. The van der Waals surface area contributed by atoms with Gasteiger partial charge in [0.05, 0.1) is 0 Å². The molecule has 3 heterocycles. The van der Waals surface area contributed by atoms with Crippen LogP contribution in [0.3, 0.4) is 0 Å². The molecular weight excluding hydrogens is 851 g/mol. The minimum atomic E-state index is -1.65. The summed E-state index contributed by atoms with van der Waals surface area (Å²) in [5, 5.41) is 13.7. The molecule has 1 aliphatic carbocycles. The summed E-state index contributed by atoms with van der Waals surface area (Å²) in [5.74, 6) is -7.80. The minimum Gasteiger partial charge on any atom is -0.462 e. The average molecular weight is 915 g/mol. The Balaban J connectivity index is 1.45. The summed E-state index contributed by atoms with van der Waals surface area (Å²) in [4.78, 5) is 115. The lowest BCUT2D eigenvalue weighted by atomic mass is 9.89. The maximum absolute atomic E-state index is 14.6. The topological polar surface area (TPSA) is 225 Å². The molecule has 5 rings (SSSR count). The summed E-state index contributed by atoms with van der Waals surface area (Å²) in [5.41, 5.74) is 0.0305. The number of benzene rings is 1. The molecule has 3 aliphatic heterocycles. The average Bonchev–Trinajstić information content (AvgIpc) is 3.98. The number of hydrogen-bond acceptors (Lipinski definition) is 12. The molecule has 1 aromatic carbocycles. The first-order valence-corrected chi connectivity index (χ1v) is 22.7. The van der Waals surface area contributed by atoms with Crippen molar-refractivity contribution in [2.75, 3.05) is 54.0 Å². The largest absolute Gasteiger partial charge is 0.462 e. The van der Waals surface area contributed by atoms with Gasteiger partial charge in [0.1, 0.15) is 67.1 Å². The van der Waals surface area contributed by atoms with E-state index in [0.717, 1.165) is 49.1 Å². The van der Waals surface area contributed by atoms with Crippen molar-refractivity contribution < 1.29 is 56.6 Å². The van der Waals surface area contributed by atoms with Crippen molar-refractivity contribution in [3.63, 3.8) is 0 Å². The molecule has 0 radical (unpaired) electrons. The van der Waals surface area contributed by atoms with Gasteiger partial charge in [0.25, 0.3) is 0 Å². The van der Waals surface area contributed by atoms with Gasteiger partial charge >= 0.3 is 11.9 Å². The van der Waals surface area contributed by atoms with Crippen molar-refractivity contribution >= 4 is 47.4 Å². The molecule has 0 spiro atoms. The summed E-state index contributed by atoms with van der Waals surface area (Å²) in [6.45, 7) is 0.912. The van der Waals surface area contributed by atoms with Crippen molar-refractivity contribution in [2.24, 2.45) is 5.92 Å². The van der Waals surface area contributed by atoms with E-state index in [1.807, 2.05) is 0 Å². The van der Waals surface area contributed by atoms with E-state index in [1.54, 1.807) is 20.2 Å². The van der Waals surface area contributed by atoms with Crippen LogP contribution in [0.4, 0.5) is 8.78 Å². The summed E-state index contributed by atoms with van der Waals surface area (Å²) in [6.07, 6.45) is 9.74. The predicted octanol–water partition coefficient (Wildman–Crippen LogP) is 0.615. The molecule has 18 nitrogen and oxygen atoms in total. The summed E-state index contributed by atoms with van der Waals surface area (Å²) in [7, 11) is 4.69. The summed E-state index contributed by atoms with van der Waals surface area (Å²) >= 11 is 0. The monoisotopic (exact) mass is 914 g/mol. The third-order valence-electron chi connectivity index (χ3n) is 12.6. The summed E-state index contributed by atoms with van der Waals surface area (Å²) in [6, 6.07) is -6.10. The van der Waals surface area contributed by atoms with E-state index >= 15 is 0 Å². The third kappa shape index (κ3) is 13.8. The number of halogens is 2. The molecule has 20 heteroatoms. The van der Waals surface area contributed by atoms with Gasteiger partial charge in [-0.15, -0.1) is 0 Å². The number of fused-ring (bicyclic) bond motifs is 2. The molecule has 0 bridgehead atoms. The van der Waals surface area contributed by atoms with E-state index in [9.17, 15) is 47.1 Å². The Morgan fingerprint density at radius 2 is 1.54 bits per heavy atom. The lowest BCUT2D eigenvalue weighted by Gasteiger charge is -2.35. The zero-order chi connectivity index (χ0) is 47.2. The van der Waals surface area contributed by atoms with Gasteiger partial charge in [-0.2, -0.15) is 0 Å². The fourth-order valence-corrected chi connectivity index (χ4v) is 8.91. The van der Waals surface area contributed by atoms with Gasteiger partial charge in [0.2, 0.25) is 35.4 Å². The Hall–Kier alpha value is -5.50. The highest BCUT2D eigenvalue weighted by atomic mass is 19.1. The molecule has 65 heavy (non-hydrogen) atoms. The quantitative estimate of drug-likeness (QED) is 0.0928. The van der Waals surface area contributed by atoms with Crippen molar-refractivity contribution in [2.45, 2.75) is 126 Å². The highest BCUT2D eigenvalue weighted by molar-refractivity contribution is 5.98. The Morgan fingerprint density at radius 1 is 0.877 bits per heavy atom. The molecule has 7 atom stereocenters. The fourth-order valence-electron chi connectivity index (χ4n) is 8.91. The molecule has 0 aromatic heterocycles. The van der Waals surface area contributed by atoms with Crippen molar-refractivity contribution in [3.8, 4) is 0 Å². The Kier molecular flexibility index (Phi) is 18.8. The molecule has 5 N–H and O–H groups in total. The number of cyclic esters (lactones) is 1. The lowest BCUT2D eigenvalue weighted by molar-refractivity contribution is -0.159. The number of carbonyl (C=O) groups excluding carboxylic acids is 8. The van der Waals surface area contributed by atoms with Gasteiger partial charge < -0.3 is 50.8 Å². The zero-order valence-electron chi connectivity index (χ0n) is 37.7. The van der Waals surface area contributed by atoms with Crippen LogP contribution in [-0.2, 0) is 54.3 Å². The molecule has 1 saturated carbocycles. The number of esters is 2. The number of nitrogens with zero attached hydrogens (tertiary/aromatic N) is 3. The molecule has 6 amide bonds. The van der Waals surface area contributed by atoms with Crippen molar-refractivity contribution in [1.82, 2.24) is 41.3 Å². The predicted molar refractivity (Wildman–Crippen MR) is 231 cm³/mol. The molecule has 4 aliphatic rings. The Morgan fingerprint density at radius 3 is 2.20 bits per heavy atom. The van der Waals surface area contributed by atoms with Crippen molar-refractivity contribution in [3.05, 3.63) is 47.5 Å². The van der Waals surface area contributed by atoms with E-state index in [1.165, 1.54) is 29.8 Å². The minimum absolute atomic E-state index is 0.0301. The number of allylic oxidation sites excluding steroid dienone is 1. The van der Waals surface area contributed by atoms with Gasteiger partial charge in [-0.1, -0.05) is 25.3 Å². The van der Waals surface area contributed by atoms with Crippen LogP contribution in [0.2, 0.25) is 0 Å². The van der Waals surface area contributed by atoms with E-state index in [4.69, 9.17) is 9.47 Å². The number of amides is 6. The second-order valence-corrected chi connectivity index (χ2v) is 17.3. The van der Waals surface area contributed by atoms with Crippen LogP contribution in [0.5, 0.6) is 0 Å². The number of hydrogen-bond donors (Lipinski definition) is 5. The number of likely N-dealkylation sites (N-methyl/N-ethyl adjacent to an activating group) is 2. The van der Waals surface area contributed by atoms with Crippen LogP contribution in [-0.4, -0.2) is 158 Å². The highest BCUT2D eigenvalue weighted by Crippen LogP contribution is 2.26. The Labute approximate surface area is 378 Å². The fraction of sp³-hybridized carbons (Fsp3) is 0.644.